The first-order valence-electron chi connectivity index (χ1n) is 7.49. The van der Waals surface area contributed by atoms with Gasteiger partial charge in [0.15, 0.2) is 5.65 Å². The maximum Gasteiger partial charge on any atom is 0.406 e. The maximum absolute atomic E-state index is 12.6. The van der Waals surface area contributed by atoms with Crippen LogP contribution in [0.15, 0.2) is 18.5 Å². The van der Waals surface area contributed by atoms with Gasteiger partial charge in [-0.3, -0.25) is 4.68 Å². The number of fused-ring (bicyclic) bond motifs is 1. The molecule has 0 saturated carbocycles. The van der Waals surface area contributed by atoms with Crippen LogP contribution in [0.25, 0.3) is 23.2 Å². The summed E-state index contributed by atoms with van der Waals surface area (Å²) in [7, 11) is 1.64. The summed E-state index contributed by atoms with van der Waals surface area (Å²) in [5.74, 6) is -1.05. The Hall–Kier alpha value is -3.17. The minimum atomic E-state index is -4.37. The van der Waals surface area contributed by atoms with Crippen molar-refractivity contribution in [3.05, 3.63) is 41.2 Å². The van der Waals surface area contributed by atoms with Crippen LogP contribution in [0, 0.1) is 6.92 Å². The number of rotatable bonds is 4. The molecule has 3 rings (SSSR count). The highest BCUT2D eigenvalue weighted by atomic mass is 19.4. The SMILES string of the molecule is Cc1nn(C)c2nc(/C=C/c3nccn3CC(F)(F)F)cc(C(=O)O)c12. The first-order valence-corrected chi connectivity index (χ1v) is 7.49. The Morgan fingerprint density at radius 2 is 2.08 bits per heavy atom. The molecule has 0 aliphatic heterocycles. The summed E-state index contributed by atoms with van der Waals surface area (Å²) in [6, 6.07) is 1.35. The number of carbonyl (C=O) groups is 1. The molecule has 7 nitrogen and oxygen atoms in total. The third-order valence-electron chi connectivity index (χ3n) is 3.72. The average molecular weight is 365 g/mol. The minimum absolute atomic E-state index is 0.0267. The van der Waals surface area contributed by atoms with Crippen LogP contribution in [-0.2, 0) is 13.6 Å². The number of halogens is 3. The van der Waals surface area contributed by atoms with Crippen LogP contribution in [-0.4, -0.2) is 41.6 Å². The zero-order chi connectivity index (χ0) is 19.1. The lowest BCUT2D eigenvalue weighted by atomic mass is 10.1. The Morgan fingerprint density at radius 1 is 1.35 bits per heavy atom. The van der Waals surface area contributed by atoms with Crippen molar-refractivity contribution in [2.45, 2.75) is 19.6 Å². The molecule has 1 N–H and O–H groups in total. The summed E-state index contributed by atoms with van der Waals surface area (Å²) < 4.78 is 40.1. The molecule has 0 aromatic carbocycles. The molecule has 0 amide bonds. The van der Waals surface area contributed by atoms with E-state index >= 15 is 0 Å². The fourth-order valence-electron chi connectivity index (χ4n) is 2.68. The molecule has 0 aliphatic carbocycles. The number of aromatic nitrogens is 5. The van der Waals surface area contributed by atoms with Crippen LogP contribution in [0.1, 0.15) is 27.6 Å². The lowest BCUT2D eigenvalue weighted by Gasteiger charge is -2.08. The second kappa shape index (κ2) is 6.28. The Morgan fingerprint density at radius 3 is 2.73 bits per heavy atom. The molecule has 0 saturated heterocycles. The number of hydrogen-bond acceptors (Lipinski definition) is 4. The second-order valence-corrected chi connectivity index (χ2v) is 5.67. The van der Waals surface area contributed by atoms with Crippen LogP contribution in [0.2, 0.25) is 0 Å². The fourth-order valence-corrected chi connectivity index (χ4v) is 2.68. The van der Waals surface area contributed by atoms with Gasteiger partial charge in [-0.25, -0.2) is 14.8 Å². The van der Waals surface area contributed by atoms with E-state index in [1.54, 1.807) is 14.0 Å². The van der Waals surface area contributed by atoms with Crippen molar-refractivity contribution >= 4 is 29.2 Å². The van der Waals surface area contributed by atoms with Gasteiger partial charge in [-0.1, -0.05) is 0 Å². The third kappa shape index (κ3) is 3.44. The zero-order valence-corrected chi connectivity index (χ0v) is 13.8. The van der Waals surface area contributed by atoms with E-state index in [0.29, 0.717) is 16.7 Å². The highest BCUT2D eigenvalue weighted by Crippen LogP contribution is 2.23. The van der Waals surface area contributed by atoms with E-state index < -0.39 is 18.7 Å². The van der Waals surface area contributed by atoms with Crippen LogP contribution in [0.5, 0.6) is 0 Å². The number of carboxylic acids is 1. The molecule has 3 heterocycles. The van der Waals surface area contributed by atoms with Gasteiger partial charge in [0.05, 0.1) is 22.3 Å². The van der Waals surface area contributed by atoms with E-state index in [-0.39, 0.29) is 17.1 Å². The molecular formula is C16H14F3N5O2. The number of carboxylic acid groups (broad SMARTS) is 1. The smallest absolute Gasteiger partial charge is 0.406 e. The van der Waals surface area contributed by atoms with Crippen molar-refractivity contribution in [2.24, 2.45) is 7.05 Å². The summed E-state index contributed by atoms with van der Waals surface area (Å²) in [5.41, 5.74) is 1.21. The summed E-state index contributed by atoms with van der Waals surface area (Å²) >= 11 is 0. The van der Waals surface area contributed by atoms with Gasteiger partial charge in [0.2, 0.25) is 0 Å². The van der Waals surface area contributed by atoms with Crippen molar-refractivity contribution in [3.63, 3.8) is 0 Å². The lowest BCUT2D eigenvalue weighted by molar-refractivity contribution is -0.140. The maximum atomic E-state index is 12.6. The van der Waals surface area contributed by atoms with Gasteiger partial charge in [0.1, 0.15) is 12.4 Å². The minimum Gasteiger partial charge on any atom is -0.478 e. The molecule has 0 radical (unpaired) electrons. The predicted molar refractivity (Wildman–Crippen MR) is 87.4 cm³/mol. The van der Waals surface area contributed by atoms with Gasteiger partial charge >= 0.3 is 12.1 Å². The van der Waals surface area contributed by atoms with Gasteiger partial charge in [0.25, 0.3) is 0 Å². The van der Waals surface area contributed by atoms with Crippen LogP contribution >= 0.6 is 0 Å². The van der Waals surface area contributed by atoms with Gasteiger partial charge in [0, 0.05) is 19.4 Å². The molecule has 10 heteroatoms. The summed E-state index contributed by atoms with van der Waals surface area (Å²) in [6.07, 6.45) is 0.882. The zero-order valence-electron chi connectivity index (χ0n) is 13.8. The Kier molecular flexibility index (Phi) is 4.26. The molecular weight excluding hydrogens is 351 g/mol. The summed E-state index contributed by atoms with van der Waals surface area (Å²) in [6.45, 7) is 0.514. The number of imidazole rings is 1. The standard InChI is InChI=1S/C16H14F3N5O2/c1-9-13-11(15(25)26)7-10(21-14(13)23(2)22-9)3-4-12-20-5-6-24(12)8-16(17,18)19/h3-7H,8H2,1-2H3,(H,25,26)/b4-3+. The number of nitrogens with zero attached hydrogens (tertiary/aromatic N) is 5. The third-order valence-corrected chi connectivity index (χ3v) is 3.72. The van der Waals surface area contributed by atoms with E-state index in [0.717, 1.165) is 4.57 Å². The molecule has 0 unspecified atom stereocenters. The highest BCUT2D eigenvalue weighted by molar-refractivity contribution is 6.03. The molecule has 136 valence electrons. The molecule has 26 heavy (non-hydrogen) atoms. The van der Waals surface area contributed by atoms with Crippen LogP contribution in [0.3, 0.4) is 0 Å². The highest BCUT2D eigenvalue weighted by Gasteiger charge is 2.28. The number of pyridine rings is 1. The Bertz CT molecular complexity index is 1020. The lowest BCUT2D eigenvalue weighted by Crippen LogP contribution is -2.17. The molecule has 0 spiro atoms. The van der Waals surface area contributed by atoms with Crippen LogP contribution in [0.4, 0.5) is 13.2 Å². The number of alkyl halides is 3. The second-order valence-electron chi connectivity index (χ2n) is 5.67. The summed E-state index contributed by atoms with van der Waals surface area (Å²) in [5, 5.41) is 14.0. The predicted octanol–water partition coefficient (Wildman–Crippen LogP) is 2.90. The largest absolute Gasteiger partial charge is 0.478 e. The van der Waals surface area contributed by atoms with Crippen molar-refractivity contribution in [1.29, 1.82) is 0 Å². The van der Waals surface area contributed by atoms with Crippen molar-refractivity contribution in [3.8, 4) is 0 Å². The van der Waals surface area contributed by atoms with Gasteiger partial charge in [-0.15, -0.1) is 0 Å². The van der Waals surface area contributed by atoms with Gasteiger partial charge in [-0.2, -0.15) is 18.3 Å². The van der Waals surface area contributed by atoms with Crippen molar-refractivity contribution in [2.75, 3.05) is 0 Å². The first-order chi connectivity index (χ1) is 12.2. The van der Waals surface area contributed by atoms with Crippen LogP contribution < -0.4 is 0 Å². The monoisotopic (exact) mass is 365 g/mol. The molecule has 3 aromatic heterocycles. The normalized spacial score (nSPS) is 12.3. The van der Waals surface area contributed by atoms with E-state index in [2.05, 4.69) is 15.1 Å². The topological polar surface area (TPSA) is 85.8 Å². The summed E-state index contributed by atoms with van der Waals surface area (Å²) in [4.78, 5) is 19.7. The fraction of sp³-hybridized carbons (Fsp3) is 0.250. The molecule has 0 aliphatic rings. The average Bonchev–Trinajstić information content (AvgIpc) is 3.07. The van der Waals surface area contributed by atoms with Crippen molar-refractivity contribution < 1.29 is 23.1 Å². The van der Waals surface area contributed by atoms with E-state index in [9.17, 15) is 23.1 Å². The number of aryl methyl sites for hydroxylation is 2. The molecule has 3 aromatic rings. The van der Waals surface area contributed by atoms with E-state index in [1.807, 2.05) is 0 Å². The quantitative estimate of drug-likeness (QED) is 0.768. The number of aromatic carboxylic acids is 1. The molecule has 0 bridgehead atoms. The number of hydrogen-bond donors (Lipinski definition) is 1. The molecule has 0 atom stereocenters. The Balaban J connectivity index is 2.02. The Labute approximate surface area is 145 Å². The van der Waals surface area contributed by atoms with E-state index in [4.69, 9.17) is 0 Å². The van der Waals surface area contributed by atoms with E-state index in [1.165, 1.54) is 35.3 Å². The van der Waals surface area contributed by atoms with Crippen molar-refractivity contribution in [1.82, 2.24) is 24.3 Å². The van der Waals surface area contributed by atoms with Gasteiger partial charge in [-0.05, 0) is 25.1 Å². The molecule has 0 fully saturated rings. The first kappa shape index (κ1) is 17.6. The van der Waals surface area contributed by atoms with Gasteiger partial charge < -0.3 is 9.67 Å².